The Bertz CT molecular complexity index is 213. The predicted octanol–water partition coefficient (Wildman–Crippen LogP) is 3.46. The highest BCUT2D eigenvalue weighted by Gasteiger charge is 2.12. The van der Waals surface area contributed by atoms with Crippen LogP contribution in [0.4, 0.5) is 0 Å². The average molecular weight is 229 g/mol. The zero-order valence-corrected chi connectivity index (χ0v) is 10.7. The fourth-order valence-corrected chi connectivity index (χ4v) is 2.76. The van der Waals surface area contributed by atoms with Crippen molar-refractivity contribution in [3.05, 3.63) is 11.6 Å². The van der Waals surface area contributed by atoms with Gasteiger partial charge in [0.05, 0.1) is 0 Å². The Labute approximate surface area is 96.9 Å². The third-order valence-electron chi connectivity index (χ3n) is 2.31. The second-order valence-corrected chi connectivity index (χ2v) is 5.56. The molecular weight excluding hydrogens is 210 g/mol. The molecule has 1 heterocycles. The lowest BCUT2D eigenvalue weighted by atomic mass is 10.1. The van der Waals surface area contributed by atoms with Crippen LogP contribution in [0, 0.1) is 0 Å². The van der Waals surface area contributed by atoms with Crippen LogP contribution in [0.15, 0.2) is 11.6 Å². The molecule has 0 aromatic carbocycles. The molecule has 1 aliphatic heterocycles. The average Bonchev–Trinajstić information content (AvgIpc) is 2.18. The van der Waals surface area contributed by atoms with Crippen LogP contribution in [-0.4, -0.2) is 28.1 Å². The largest absolute Gasteiger partial charge is 0.358 e. The molecule has 3 heteroatoms. The SMILES string of the molecule is CC(C)=CCSC(=S)N1CCCCC1. The van der Waals surface area contributed by atoms with E-state index in [1.807, 2.05) is 0 Å². The fraction of sp³-hybridized carbons (Fsp3) is 0.727. The van der Waals surface area contributed by atoms with Crippen molar-refractivity contribution in [2.24, 2.45) is 0 Å². The van der Waals surface area contributed by atoms with Gasteiger partial charge in [0.1, 0.15) is 4.32 Å². The molecule has 0 N–H and O–H groups in total. The topological polar surface area (TPSA) is 3.24 Å². The summed E-state index contributed by atoms with van der Waals surface area (Å²) in [5.74, 6) is 1.03. The molecule has 0 amide bonds. The van der Waals surface area contributed by atoms with Gasteiger partial charge in [0.15, 0.2) is 0 Å². The van der Waals surface area contributed by atoms with Gasteiger partial charge in [-0.3, -0.25) is 0 Å². The molecule has 0 aromatic heterocycles. The van der Waals surface area contributed by atoms with Gasteiger partial charge in [0.2, 0.25) is 0 Å². The van der Waals surface area contributed by atoms with Gasteiger partial charge in [-0.1, -0.05) is 35.6 Å². The second-order valence-electron chi connectivity index (χ2n) is 3.91. The van der Waals surface area contributed by atoms with Gasteiger partial charge < -0.3 is 4.90 Å². The van der Waals surface area contributed by atoms with E-state index in [0.717, 1.165) is 10.1 Å². The Morgan fingerprint density at radius 3 is 2.50 bits per heavy atom. The third-order valence-corrected chi connectivity index (χ3v) is 3.76. The van der Waals surface area contributed by atoms with Crippen LogP contribution in [-0.2, 0) is 0 Å². The number of likely N-dealkylation sites (tertiary alicyclic amines) is 1. The van der Waals surface area contributed by atoms with Gasteiger partial charge in [0, 0.05) is 18.8 Å². The molecule has 0 saturated carbocycles. The number of hydrogen-bond acceptors (Lipinski definition) is 2. The first-order valence-electron chi connectivity index (χ1n) is 5.25. The van der Waals surface area contributed by atoms with E-state index in [4.69, 9.17) is 12.2 Å². The van der Waals surface area contributed by atoms with Crippen molar-refractivity contribution in [2.75, 3.05) is 18.8 Å². The smallest absolute Gasteiger partial charge is 0.136 e. The van der Waals surface area contributed by atoms with E-state index in [2.05, 4.69) is 24.8 Å². The van der Waals surface area contributed by atoms with E-state index in [0.29, 0.717) is 0 Å². The van der Waals surface area contributed by atoms with E-state index in [-0.39, 0.29) is 0 Å². The molecular formula is C11H19NS2. The molecule has 0 unspecified atom stereocenters. The van der Waals surface area contributed by atoms with Crippen molar-refractivity contribution in [1.29, 1.82) is 0 Å². The van der Waals surface area contributed by atoms with E-state index < -0.39 is 0 Å². The van der Waals surface area contributed by atoms with Crippen molar-refractivity contribution in [3.63, 3.8) is 0 Å². The normalized spacial score (nSPS) is 16.6. The fourth-order valence-electron chi connectivity index (χ4n) is 1.45. The van der Waals surface area contributed by atoms with Gasteiger partial charge in [-0.2, -0.15) is 0 Å². The van der Waals surface area contributed by atoms with Crippen LogP contribution < -0.4 is 0 Å². The lowest BCUT2D eigenvalue weighted by Crippen LogP contribution is -2.32. The highest BCUT2D eigenvalue weighted by molar-refractivity contribution is 8.23. The minimum Gasteiger partial charge on any atom is -0.358 e. The summed E-state index contributed by atoms with van der Waals surface area (Å²) >= 11 is 7.18. The van der Waals surface area contributed by atoms with Crippen molar-refractivity contribution in [3.8, 4) is 0 Å². The first-order chi connectivity index (χ1) is 6.70. The second kappa shape index (κ2) is 6.46. The molecule has 0 spiro atoms. The molecule has 1 rings (SSSR count). The Balaban J connectivity index is 2.23. The first kappa shape index (κ1) is 12.1. The van der Waals surface area contributed by atoms with Crippen LogP contribution in [0.5, 0.6) is 0 Å². The van der Waals surface area contributed by atoms with E-state index in [1.54, 1.807) is 11.8 Å². The molecule has 0 bridgehead atoms. The van der Waals surface area contributed by atoms with Gasteiger partial charge in [-0.05, 0) is 33.1 Å². The van der Waals surface area contributed by atoms with Crippen molar-refractivity contribution in [1.82, 2.24) is 4.90 Å². The number of allylic oxidation sites excluding steroid dienone is 1. The van der Waals surface area contributed by atoms with Crippen molar-refractivity contribution < 1.29 is 0 Å². The molecule has 14 heavy (non-hydrogen) atoms. The predicted molar refractivity (Wildman–Crippen MR) is 69.9 cm³/mol. The van der Waals surface area contributed by atoms with E-state index in [1.165, 1.54) is 37.9 Å². The molecule has 0 atom stereocenters. The van der Waals surface area contributed by atoms with Crippen LogP contribution in [0.1, 0.15) is 33.1 Å². The molecule has 1 saturated heterocycles. The highest BCUT2D eigenvalue weighted by Crippen LogP contribution is 2.16. The molecule has 0 aromatic rings. The molecule has 1 fully saturated rings. The third kappa shape index (κ3) is 4.47. The Morgan fingerprint density at radius 2 is 1.93 bits per heavy atom. The van der Waals surface area contributed by atoms with Crippen LogP contribution in [0.3, 0.4) is 0 Å². The zero-order valence-electron chi connectivity index (χ0n) is 9.08. The minimum atomic E-state index is 1.03. The Kier molecular flexibility index (Phi) is 5.56. The summed E-state index contributed by atoms with van der Waals surface area (Å²) in [6, 6.07) is 0. The zero-order chi connectivity index (χ0) is 10.4. The maximum Gasteiger partial charge on any atom is 0.136 e. The number of thioether (sulfide) groups is 1. The minimum absolute atomic E-state index is 1.03. The number of nitrogens with zero attached hydrogens (tertiary/aromatic N) is 1. The quantitative estimate of drug-likeness (QED) is 0.527. The number of rotatable bonds is 2. The lowest BCUT2D eigenvalue weighted by Gasteiger charge is -2.28. The van der Waals surface area contributed by atoms with E-state index in [9.17, 15) is 0 Å². The summed E-state index contributed by atoms with van der Waals surface area (Å²) in [5, 5.41) is 0. The number of piperidine rings is 1. The van der Waals surface area contributed by atoms with Crippen molar-refractivity contribution >= 4 is 28.3 Å². The standard InChI is InChI=1S/C11H19NS2/c1-10(2)6-9-14-11(13)12-7-4-3-5-8-12/h6H,3-5,7-9H2,1-2H3. The van der Waals surface area contributed by atoms with E-state index >= 15 is 0 Å². The Hall–Kier alpha value is -0.0200. The highest BCUT2D eigenvalue weighted by atomic mass is 32.2. The molecule has 1 nitrogen and oxygen atoms in total. The van der Waals surface area contributed by atoms with Crippen LogP contribution in [0.2, 0.25) is 0 Å². The lowest BCUT2D eigenvalue weighted by molar-refractivity contribution is 0.352. The number of thiocarbonyl (C=S) groups is 1. The summed E-state index contributed by atoms with van der Waals surface area (Å²) in [5.41, 5.74) is 1.37. The van der Waals surface area contributed by atoms with Crippen LogP contribution in [0.25, 0.3) is 0 Å². The van der Waals surface area contributed by atoms with Gasteiger partial charge >= 0.3 is 0 Å². The van der Waals surface area contributed by atoms with Crippen LogP contribution >= 0.6 is 24.0 Å². The maximum atomic E-state index is 5.39. The van der Waals surface area contributed by atoms with Gasteiger partial charge in [0.25, 0.3) is 0 Å². The van der Waals surface area contributed by atoms with Crippen molar-refractivity contribution in [2.45, 2.75) is 33.1 Å². The molecule has 80 valence electrons. The summed E-state index contributed by atoms with van der Waals surface area (Å²) in [6.07, 6.45) is 6.23. The first-order valence-corrected chi connectivity index (χ1v) is 6.64. The maximum absolute atomic E-state index is 5.39. The molecule has 1 aliphatic rings. The molecule has 0 aliphatic carbocycles. The summed E-state index contributed by atoms with van der Waals surface area (Å²) < 4.78 is 1.09. The summed E-state index contributed by atoms with van der Waals surface area (Å²) in [6.45, 7) is 6.59. The molecule has 0 radical (unpaired) electrons. The monoisotopic (exact) mass is 229 g/mol. The van der Waals surface area contributed by atoms with Gasteiger partial charge in [-0.15, -0.1) is 0 Å². The summed E-state index contributed by atoms with van der Waals surface area (Å²) in [7, 11) is 0. The number of hydrogen-bond donors (Lipinski definition) is 0. The van der Waals surface area contributed by atoms with Gasteiger partial charge in [-0.25, -0.2) is 0 Å². The summed E-state index contributed by atoms with van der Waals surface area (Å²) in [4.78, 5) is 2.35. The Morgan fingerprint density at radius 1 is 1.29 bits per heavy atom.